The second kappa shape index (κ2) is 4.80. The third-order valence-corrected chi connectivity index (χ3v) is 2.91. The van der Waals surface area contributed by atoms with Crippen LogP contribution in [0.5, 0.6) is 0 Å². The van der Waals surface area contributed by atoms with Gasteiger partial charge in [-0.15, -0.1) is 0 Å². The van der Waals surface area contributed by atoms with Crippen molar-refractivity contribution in [3.05, 3.63) is 22.3 Å². The third-order valence-electron chi connectivity index (χ3n) is 2.48. The first kappa shape index (κ1) is 11.3. The normalized spacial score (nSPS) is 16.2. The lowest BCUT2D eigenvalue weighted by molar-refractivity contribution is 0.0697. The van der Waals surface area contributed by atoms with E-state index in [1.807, 2.05) is 4.90 Å². The molecule has 1 fully saturated rings. The van der Waals surface area contributed by atoms with Gasteiger partial charge in [-0.2, -0.15) is 0 Å². The van der Waals surface area contributed by atoms with Crippen LogP contribution in [0.25, 0.3) is 0 Å². The van der Waals surface area contributed by atoms with Crippen LogP contribution in [0, 0.1) is 0 Å². The number of aromatic carboxylic acids is 1. The zero-order valence-electron chi connectivity index (χ0n) is 8.61. The number of carbonyl (C=O) groups is 1. The van der Waals surface area contributed by atoms with Gasteiger partial charge in [-0.05, 0) is 22.0 Å². The van der Waals surface area contributed by atoms with Gasteiger partial charge in [0.25, 0.3) is 0 Å². The number of carboxylic acids is 1. The Hall–Kier alpha value is -1.14. The van der Waals surface area contributed by atoms with E-state index in [9.17, 15) is 4.79 Å². The predicted octanol–water partition coefficient (Wildman–Crippen LogP) is 0.952. The van der Waals surface area contributed by atoms with E-state index >= 15 is 0 Å². The van der Waals surface area contributed by atoms with E-state index in [2.05, 4.69) is 26.2 Å². The average molecular weight is 286 g/mol. The van der Waals surface area contributed by atoms with Crippen molar-refractivity contribution in [3.8, 4) is 0 Å². The molecule has 2 N–H and O–H groups in total. The van der Waals surface area contributed by atoms with Crippen molar-refractivity contribution in [1.82, 2.24) is 10.3 Å². The number of nitrogens with one attached hydrogen (secondary N) is 1. The second-order valence-electron chi connectivity index (χ2n) is 3.57. The summed E-state index contributed by atoms with van der Waals surface area (Å²) in [4.78, 5) is 17.3. The predicted molar refractivity (Wildman–Crippen MR) is 64.0 cm³/mol. The molecule has 0 amide bonds. The van der Waals surface area contributed by atoms with Crippen molar-refractivity contribution in [2.45, 2.75) is 0 Å². The van der Waals surface area contributed by atoms with Gasteiger partial charge in [0.05, 0.1) is 0 Å². The zero-order valence-corrected chi connectivity index (χ0v) is 10.2. The third kappa shape index (κ3) is 2.33. The fraction of sp³-hybridized carbons (Fsp3) is 0.400. The molecule has 86 valence electrons. The molecular formula is C10H12BrN3O2. The molecule has 0 radical (unpaired) electrons. The van der Waals surface area contributed by atoms with Crippen LogP contribution in [0.1, 0.15) is 10.4 Å². The molecular weight excluding hydrogens is 274 g/mol. The van der Waals surface area contributed by atoms with Gasteiger partial charge in [0.1, 0.15) is 11.4 Å². The number of carboxylic acid groups (broad SMARTS) is 1. The van der Waals surface area contributed by atoms with Gasteiger partial charge in [-0.3, -0.25) is 0 Å². The van der Waals surface area contributed by atoms with Gasteiger partial charge in [-0.1, -0.05) is 0 Å². The maximum absolute atomic E-state index is 11.1. The standard InChI is InChI=1S/C10H12BrN3O2/c11-7-5-8(10(15)16)9(13-6-7)14-3-1-12-2-4-14/h5-6,12H,1-4H2,(H,15,16). The molecule has 0 saturated carbocycles. The number of rotatable bonds is 2. The van der Waals surface area contributed by atoms with Crippen molar-refractivity contribution >= 4 is 27.7 Å². The Morgan fingerprint density at radius 2 is 2.19 bits per heavy atom. The van der Waals surface area contributed by atoms with E-state index in [0.29, 0.717) is 10.3 Å². The number of aromatic nitrogens is 1. The number of halogens is 1. The van der Waals surface area contributed by atoms with Crippen LogP contribution in [-0.2, 0) is 0 Å². The van der Waals surface area contributed by atoms with Gasteiger partial charge in [0.2, 0.25) is 0 Å². The molecule has 0 atom stereocenters. The van der Waals surface area contributed by atoms with E-state index in [0.717, 1.165) is 26.2 Å². The SMILES string of the molecule is O=C(O)c1cc(Br)cnc1N1CCNCC1. The molecule has 0 bridgehead atoms. The monoisotopic (exact) mass is 285 g/mol. The van der Waals surface area contributed by atoms with E-state index in [1.165, 1.54) is 0 Å². The Balaban J connectivity index is 2.34. The Bertz CT molecular complexity index is 405. The Kier molecular flexibility index (Phi) is 3.40. The lowest BCUT2D eigenvalue weighted by atomic mass is 10.2. The van der Waals surface area contributed by atoms with Crippen molar-refractivity contribution in [1.29, 1.82) is 0 Å². The van der Waals surface area contributed by atoms with Crippen LogP contribution >= 0.6 is 15.9 Å². The number of piperazine rings is 1. The molecule has 5 nitrogen and oxygen atoms in total. The Morgan fingerprint density at radius 1 is 1.50 bits per heavy atom. The molecule has 0 aromatic carbocycles. The fourth-order valence-electron chi connectivity index (χ4n) is 1.72. The highest BCUT2D eigenvalue weighted by Crippen LogP contribution is 2.21. The lowest BCUT2D eigenvalue weighted by Crippen LogP contribution is -2.44. The summed E-state index contributed by atoms with van der Waals surface area (Å²) < 4.78 is 0.684. The summed E-state index contributed by atoms with van der Waals surface area (Å²) >= 11 is 3.23. The largest absolute Gasteiger partial charge is 0.478 e. The highest BCUT2D eigenvalue weighted by molar-refractivity contribution is 9.10. The molecule has 2 heterocycles. The van der Waals surface area contributed by atoms with Gasteiger partial charge >= 0.3 is 5.97 Å². The minimum absolute atomic E-state index is 0.247. The topological polar surface area (TPSA) is 65.5 Å². The average Bonchev–Trinajstić information content (AvgIpc) is 2.30. The number of hydrogen-bond donors (Lipinski definition) is 2. The van der Waals surface area contributed by atoms with E-state index in [-0.39, 0.29) is 5.56 Å². The summed E-state index contributed by atoms with van der Waals surface area (Å²) in [5.74, 6) is -0.389. The van der Waals surface area contributed by atoms with Gasteiger partial charge in [0.15, 0.2) is 0 Å². The molecule has 1 aliphatic heterocycles. The quantitative estimate of drug-likeness (QED) is 0.847. The highest BCUT2D eigenvalue weighted by atomic mass is 79.9. The smallest absolute Gasteiger partial charge is 0.339 e. The highest BCUT2D eigenvalue weighted by Gasteiger charge is 2.19. The maximum Gasteiger partial charge on any atom is 0.339 e. The molecule has 0 unspecified atom stereocenters. The van der Waals surface area contributed by atoms with Gasteiger partial charge in [-0.25, -0.2) is 9.78 Å². The minimum Gasteiger partial charge on any atom is -0.478 e. The zero-order chi connectivity index (χ0) is 11.5. The van der Waals surface area contributed by atoms with Crippen LogP contribution in [0.2, 0.25) is 0 Å². The minimum atomic E-state index is -0.942. The van der Waals surface area contributed by atoms with Crippen molar-refractivity contribution in [2.75, 3.05) is 31.1 Å². The second-order valence-corrected chi connectivity index (χ2v) is 4.48. The maximum atomic E-state index is 11.1. The fourth-order valence-corrected chi connectivity index (χ4v) is 2.05. The van der Waals surface area contributed by atoms with Gasteiger partial charge in [0, 0.05) is 36.8 Å². The summed E-state index contributed by atoms with van der Waals surface area (Å²) in [7, 11) is 0. The number of nitrogens with zero attached hydrogens (tertiary/aromatic N) is 2. The summed E-state index contributed by atoms with van der Waals surface area (Å²) in [6, 6.07) is 1.59. The molecule has 1 aromatic rings. The van der Waals surface area contributed by atoms with Crippen molar-refractivity contribution in [3.63, 3.8) is 0 Å². The summed E-state index contributed by atoms with van der Waals surface area (Å²) in [6.07, 6.45) is 1.63. The Labute approximate surface area is 102 Å². The number of pyridine rings is 1. The van der Waals surface area contributed by atoms with Crippen molar-refractivity contribution in [2.24, 2.45) is 0 Å². The van der Waals surface area contributed by atoms with Crippen LogP contribution in [0.3, 0.4) is 0 Å². The lowest BCUT2D eigenvalue weighted by Gasteiger charge is -2.29. The van der Waals surface area contributed by atoms with E-state index in [4.69, 9.17) is 5.11 Å². The number of hydrogen-bond acceptors (Lipinski definition) is 4. The van der Waals surface area contributed by atoms with E-state index < -0.39 is 5.97 Å². The molecule has 1 aromatic heterocycles. The summed E-state index contributed by atoms with van der Waals surface area (Å²) in [5, 5.41) is 12.3. The molecule has 0 aliphatic carbocycles. The van der Waals surface area contributed by atoms with Crippen LogP contribution < -0.4 is 10.2 Å². The molecule has 16 heavy (non-hydrogen) atoms. The van der Waals surface area contributed by atoms with E-state index in [1.54, 1.807) is 12.3 Å². The summed E-state index contributed by atoms with van der Waals surface area (Å²) in [6.45, 7) is 3.29. The van der Waals surface area contributed by atoms with Crippen LogP contribution in [0.15, 0.2) is 16.7 Å². The molecule has 1 aliphatic rings. The Morgan fingerprint density at radius 3 is 2.81 bits per heavy atom. The molecule has 2 rings (SSSR count). The van der Waals surface area contributed by atoms with Gasteiger partial charge < -0.3 is 15.3 Å². The first-order valence-corrected chi connectivity index (χ1v) is 5.82. The first-order valence-electron chi connectivity index (χ1n) is 5.03. The van der Waals surface area contributed by atoms with Crippen molar-refractivity contribution < 1.29 is 9.90 Å². The first-order chi connectivity index (χ1) is 7.68. The molecule has 6 heteroatoms. The summed E-state index contributed by atoms with van der Waals surface area (Å²) in [5.41, 5.74) is 0.247. The van der Waals surface area contributed by atoms with Crippen LogP contribution in [-0.4, -0.2) is 42.2 Å². The van der Waals surface area contributed by atoms with Crippen LogP contribution in [0.4, 0.5) is 5.82 Å². The molecule has 0 spiro atoms. The number of anilines is 1. The molecule has 1 saturated heterocycles.